The highest BCUT2D eigenvalue weighted by atomic mass is 32.2. The molecule has 0 unspecified atom stereocenters. The van der Waals surface area contributed by atoms with Crippen LogP contribution in [0.15, 0.2) is 29.2 Å². The van der Waals surface area contributed by atoms with Gasteiger partial charge in [-0.3, -0.25) is 0 Å². The summed E-state index contributed by atoms with van der Waals surface area (Å²) in [7, 11) is -3.71. The molecule has 0 heterocycles. The number of hydrogen-bond acceptors (Lipinski definition) is 4. The molecule has 0 saturated heterocycles. The number of nitrogens with two attached hydrogens (primary N) is 1. The normalized spacial score (nSPS) is 11.1. The third kappa shape index (κ3) is 6.29. The molecule has 0 bridgehead atoms. The highest BCUT2D eigenvalue weighted by Crippen LogP contribution is 2.13. The number of anilines is 1. The standard InChI is InChI=1S/C12H19N3O3S2/c1-2-18-8-4-7-14-12(19)15-10-5-3-6-11(9-10)20(13,16)17/h3,5-6,9H,2,4,7-8H2,1H3,(H2,13,16,17)(H2,14,15,19). The summed E-state index contributed by atoms with van der Waals surface area (Å²) in [4.78, 5) is 0.0432. The minimum absolute atomic E-state index is 0.0432. The largest absolute Gasteiger partial charge is 0.382 e. The number of hydrogen-bond donors (Lipinski definition) is 3. The summed E-state index contributed by atoms with van der Waals surface area (Å²) in [6.07, 6.45) is 0.840. The Labute approximate surface area is 124 Å². The van der Waals surface area contributed by atoms with E-state index >= 15 is 0 Å². The molecular weight excluding hydrogens is 298 g/mol. The summed E-state index contributed by atoms with van der Waals surface area (Å²) >= 11 is 5.11. The van der Waals surface area contributed by atoms with Gasteiger partial charge in [-0.25, -0.2) is 13.6 Å². The van der Waals surface area contributed by atoms with Gasteiger partial charge in [-0.2, -0.15) is 0 Å². The smallest absolute Gasteiger partial charge is 0.238 e. The van der Waals surface area contributed by atoms with Crippen LogP contribution in [0.5, 0.6) is 0 Å². The van der Waals surface area contributed by atoms with E-state index in [-0.39, 0.29) is 4.90 Å². The molecule has 0 aliphatic carbocycles. The third-order valence-electron chi connectivity index (χ3n) is 2.38. The van der Waals surface area contributed by atoms with Crippen molar-refractivity contribution in [2.24, 2.45) is 5.14 Å². The van der Waals surface area contributed by atoms with Crippen LogP contribution >= 0.6 is 12.2 Å². The van der Waals surface area contributed by atoms with Crippen molar-refractivity contribution in [1.29, 1.82) is 0 Å². The second-order valence-corrected chi connectivity index (χ2v) is 5.97. The topological polar surface area (TPSA) is 93.4 Å². The van der Waals surface area contributed by atoms with Crippen molar-refractivity contribution in [2.75, 3.05) is 25.1 Å². The maximum absolute atomic E-state index is 11.2. The molecule has 0 fully saturated rings. The molecule has 0 saturated carbocycles. The Bertz CT molecular complexity index is 547. The van der Waals surface area contributed by atoms with E-state index in [9.17, 15) is 8.42 Å². The lowest BCUT2D eigenvalue weighted by Crippen LogP contribution is -2.29. The highest BCUT2D eigenvalue weighted by molar-refractivity contribution is 7.89. The van der Waals surface area contributed by atoms with Gasteiger partial charge in [-0.15, -0.1) is 0 Å². The van der Waals surface area contributed by atoms with Crippen LogP contribution in [-0.2, 0) is 14.8 Å². The fraction of sp³-hybridized carbons (Fsp3) is 0.417. The van der Waals surface area contributed by atoms with Crippen molar-refractivity contribution >= 4 is 33.0 Å². The van der Waals surface area contributed by atoms with Gasteiger partial charge in [-0.1, -0.05) is 6.07 Å². The predicted octanol–water partition coefficient (Wildman–Crippen LogP) is 1.05. The van der Waals surface area contributed by atoms with Gasteiger partial charge in [0.1, 0.15) is 0 Å². The zero-order valence-electron chi connectivity index (χ0n) is 11.3. The Morgan fingerprint density at radius 2 is 2.20 bits per heavy atom. The fourth-order valence-corrected chi connectivity index (χ4v) is 2.23. The number of nitrogens with one attached hydrogen (secondary N) is 2. The number of sulfonamides is 1. The van der Waals surface area contributed by atoms with E-state index in [4.69, 9.17) is 22.1 Å². The average molecular weight is 317 g/mol. The van der Waals surface area contributed by atoms with Gasteiger partial charge < -0.3 is 15.4 Å². The minimum atomic E-state index is -3.71. The van der Waals surface area contributed by atoms with Crippen LogP contribution in [0.2, 0.25) is 0 Å². The third-order valence-corrected chi connectivity index (χ3v) is 3.53. The quantitative estimate of drug-likeness (QED) is 0.514. The number of ether oxygens (including phenoxy) is 1. The molecule has 6 nitrogen and oxygen atoms in total. The van der Waals surface area contributed by atoms with Crippen LogP contribution in [0, 0.1) is 0 Å². The van der Waals surface area contributed by atoms with Crippen molar-refractivity contribution in [3.05, 3.63) is 24.3 Å². The minimum Gasteiger partial charge on any atom is -0.382 e. The van der Waals surface area contributed by atoms with E-state index in [0.717, 1.165) is 6.42 Å². The first-order valence-corrected chi connectivity index (χ1v) is 8.14. The van der Waals surface area contributed by atoms with Crippen molar-refractivity contribution in [1.82, 2.24) is 5.32 Å². The molecule has 0 amide bonds. The van der Waals surface area contributed by atoms with Crippen LogP contribution in [0.1, 0.15) is 13.3 Å². The van der Waals surface area contributed by atoms with Gasteiger partial charge in [0.25, 0.3) is 0 Å². The Morgan fingerprint density at radius 1 is 1.45 bits per heavy atom. The van der Waals surface area contributed by atoms with E-state index in [1.165, 1.54) is 12.1 Å². The molecule has 20 heavy (non-hydrogen) atoms. The summed E-state index contributed by atoms with van der Waals surface area (Å²) in [5, 5.41) is 11.4. The summed E-state index contributed by atoms with van der Waals surface area (Å²) < 4.78 is 27.7. The summed E-state index contributed by atoms with van der Waals surface area (Å²) in [5.74, 6) is 0. The fourth-order valence-electron chi connectivity index (χ4n) is 1.45. The monoisotopic (exact) mass is 317 g/mol. The van der Waals surface area contributed by atoms with E-state index < -0.39 is 10.0 Å². The first-order chi connectivity index (χ1) is 9.43. The van der Waals surface area contributed by atoms with E-state index in [1.54, 1.807) is 12.1 Å². The molecule has 1 aromatic carbocycles. The lowest BCUT2D eigenvalue weighted by molar-refractivity contribution is 0.146. The van der Waals surface area contributed by atoms with Gasteiger partial charge in [0.2, 0.25) is 10.0 Å². The number of benzene rings is 1. The van der Waals surface area contributed by atoms with Gasteiger partial charge in [0, 0.05) is 25.4 Å². The van der Waals surface area contributed by atoms with E-state index in [2.05, 4.69) is 10.6 Å². The van der Waals surface area contributed by atoms with E-state index in [0.29, 0.717) is 30.6 Å². The molecule has 0 aromatic heterocycles. The van der Waals surface area contributed by atoms with Crippen LogP contribution < -0.4 is 15.8 Å². The number of primary sulfonamides is 1. The lowest BCUT2D eigenvalue weighted by atomic mass is 10.3. The number of thiocarbonyl (C=S) groups is 1. The Balaban J connectivity index is 2.46. The van der Waals surface area contributed by atoms with Crippen molar-refractivity contribution < 1.29 is 13.2 Å². The molecule has 0 spiro atoms. The van der Waals surface area contributed by atoms with Gasteiger partial charge in [0.15, 0.2) is 5.11 Å². The van der Waals surface area contributed by atoms with Gasteiger partial charge >= 0.3 is 0 Å². The summed E-state index contributed by atoms with van der Waals surface area (Å²) in [6.45, 7) is 3.99. The van der Waals surface area contributed by atoms with Gasteiger partial charge in [-0.05, 0) is 43.8 Å². The molecule has 1 rings (SSSR count). The molecule has 0 aliphatic heterocycles. The Hall–Kier alpha value is -1.22. The van der Waals surface area contributed by atoms with Crippen molar-refractivity contribution in [2.45, 2.75) is 18.2 Å². The van der Waals surface area contributed by atoms with Gasteiger partial charge in [0.05, 0.1) is 4.90 Å². The highest BCUT2D eigenvalue weighted by Gasteiger charge is 2.08. The predicted molar refractivity (Wildman–Crippen MR) is 83.1 cm³/mol. The van der Waals surface area contributed by atoms with E-state index in [1.807, 2.05) is 6.92 Å². The first kappa shape index (κ1) is 16.8. The average Bonchev–Trinajstić information content (AvgIpc) is 2.38. The molecule has 0 radical (unpaired) electrons. The molecule has 8 heteroatoms. The van der Waals surface area contributed by atoms with Crippen LogP contribution in [0.4, 0.5) is 5.69 Å². The second-order valence-electron chi connectivity index (χ2n) is 4.00. The SMILES string of the molecule is CCOCCCNC(=S)Nc1cccc(S(N)(=O)=O)c1. The molecule has 1 aromatic rings. The Morgan fingerprint density at radius 3 is 2.85 bits per heavy atom. The maximum Gasteiger partial charge on any atom is 0.238 e. The number of rotatable bonds is 7. The molecular formula is C12H19N3O3S2. The molecule has 112 valence electrons. The molecule has 4 N–H and O–H groups in total. The second kappa shape index (κ2) is 8.15. The lowest BCUT2D eigenvalue weighted by Gasteiger charge is -2.11. The summed E-state index contributed by atoms with van der Waals surface area (Å²) in [6, 6.07) is 6.17. The zero-order chi connectivity index (χ0) is 15.0. The van der Waals surface area contributed by atoms with Crippen molar-refractivity contribution in [3.63, 3.8) is 0 Å². The zero-order valence-corrected chi connectivity index (χ0v) is 12.9. The maximum atomic E-state index is 11.2. The summed E-state index contributed by atoms with van der Waals surface area (Å²) in [5.41, 5.74) is 0.568. The van der Waals surface area contributed by atoms with Crippen LogP contribution in [0.3, 0.4) is 0 Å². The van der Waals surface area contributed by atoms with Crippen molar-refractivity contribution in [3.8, 4) is 0 Å². The molecule has 0 aliphatic rings. The molecule has 0 atom stereocenters. The van der Waals surface area contributed by atoms with Crippen LogP contribution in [0.25, 0.3) is 0 Å². The van der Waals surface area contributed by atoms with Crippen LogP contribution in [-0.4, -0.2) is 33.3 Å². The Kier molecular flexibility index (Phi) is 6.86. The first-order valence-electron chi connectivity index (χ1n) is 6.19.